The van der Waals surface area contributed by atoms with Crippen molar-refractivity contribution in [3.05, 3.63) is 53.5 Å². The topological polar surface area (TPSA) is 82.9 Å². The normalized spacial score (nSPS) is 10.7. The maximum Gasteiger partial charge on any atom is 0.315 e. The van der Waals surface area contributed by atoms with E-state index in [-0.39, 0.29) is 6.03 Å². The largest absolute Gasteiger partial charge is 0.461 e. The van der Waals surface area contributed by atoms with E-state index in [9.17, 15) is 4.79 Å². The molecule has 1 aromatic carbocycles. The number of aromatic nitrogens is 2. The average Bonchev–Trinajstić information content (AvgIpc) is 3.10. The van der Waals surface area contributed by atoms with Crippen molar-refractivity contribution < 1.29 is 9.21 Å². The zero-order chi connectivity index (χ0) is 14.7. The van der Waals surface area contributed by atoms with E-state index in [1.165, 1.54) is 0 Å². The van der Waals surface area contributed by atoms with Gasteiger partial charge in [0.05, 0.1) is 12.2 Å². The fraction of sp³-hybridized carbons (Fsp3) is 0.200. The molecule has 2 amide bonds. The summed E-state index contributed by atoms with van der Waals surface area (Å²) in [5.41, 5.74) is 2.70. The molecule has 0 fully saturated rings. The summed E-state index contributed by atoms with van der Waals surface area (Å²) in [6.07, 6.45) is 1.65. The lowest BCUT2D eigenvalue weighted by Crippen LogP contribution is -2.34. The van der Waals surface area contributed by atoms with Crippen LogP contribution in [0, 0.1) is 6.92 Å². The second-order valence-corrected chi connectivity index (χ2v) is 4.75. The Morgan fingerprint density at radius 1 is 1.24 bits per heavy atom. The number of para-hydroxylation sites is 1. The lowest BCUT2D eigenvalue weighted by molar-refractivity contribution is 0.240. The van der Waals surface area contributed by atoms with Crippen molar-refractivity contribution in [1.82, 2.24) is 20.8 Å². The molecule has 0 aliphatic rings. The fourth-order valence-electron chi connectivity index (χ4n) is 2.23. The molecule has 0 radical (unpaired) electrons. The first-order valence-corrected chi connectivity index (χ1v) is 6.71. The summed E-state index contributed by atoms with van der Waals surface area (Å²) < 4.78 is 5.67. The Labute approximate surface area is 121 Å². The Balaban J connectivity index is 1.61. The number of benzene rings is 1. The maximum absolute atomic E-state index is 11.8. The first-order chi connectivity index (χ1) is 10.2. The van der Waals surface area contributed by atoms with Crippen LogP contribution in [-0.4, -0.2) is 16.2 Å². The SMILES string of the molecule is Cc1oc2ccccc2c1CNC(=O)NCc1ccn[nH]1. The number of aryl methyl sites for hydroxylation is 1. The third-order valence-electron chi connectivity index (χ3n) is 3.32. The molecule has 0 unspecified atom stereocenters. The number of nitrogens with one attached hydrogen (secondary N) is 3. The summed E-state index contributed by atoms with van der Waals surface area (Å²) in [5, 5.41) is 13.2. The van der Waals surface area contributed by atoms with Crippen molar-refractivity contribution in [2.24, 2.45) is 0 Å². The number of hydrogen-bond acceptors (Lipinski definition) is 3. The maximum atomic E-state index is 11.8. The lowest BCUT2D eigenvalue weighted by atomic mass is 10.1. The molecule has 6 nitrogen and oxygen atoms in total. The van der Waals surface area contributed by atoms with Crippen LogP contribution in [0.2, 0.25) is 0 Å². The van der Waals surface area contributed by atoms with Gasteiger partial charge in [0.1, 0.15) is 11.3 Å². The van der Waals surface area contributed by atoms with Gasteiger partial charge in [-0.15, -0.1) is 0 Å². The molecule has 0 atom stereocenters. The van der Waals surface area contributed by atoms with Crippen molar-refractivity contribution in [3.8, 4) is 0 Å². The molecule has 2 aromatic heterocycles. The Bertz CT molecular complexity index is 746. The monoisotopic (exact) mass is 284 g/mol. The highest BCUT2D eigenvalue weighted by Crippen LogP contribution is 2.24. The smallest absolute Gasteiger partial charge is 0.315 e. The Hall–Kier alpha value is -2.76. The lowest BCUT2D eigenvalue weighted by Gasteiger charge is -2.06. The molecule has 3 rings (SSSR count). The van der Waals surface area contributed by atoms with Crippen molar-refractivity contribution in [2.45, 2.75) is 20.0 Å². The van der Waals surface area contributed by atoms with Gasteiger partial charge in [0, 0.05) is 23.7 Å². The van der Waals surface area contributed by atoms with Gasteiger partial charge < -0.3 is 15.1 Å². The van der Waals surface area contributed by atoms with Gasteiger partial charge in [-0.3, -0.25) is 5.10 Å². The third-order valence-corrected chi connectivity index (χ3v) is 3.32. The van der Waals surface area contributed by atoms with Gasteiger partial charge >= 0.3 is 6.03 Å². The number of carbonyl (C=O) groups excluding carboxylic acids is 1. The number of fused-ring (bicyclic) bond motifs is 1. The molecule has 0 bridgehead atoms. The minimum absolute atomic E-state index is 0.228. The molecule has 0 saturated carbocycles. The first kappa shape index (κ1) is 13.2. The van der Waals surface area contributed by atoms with E-state index >= 15 is 0 Å². The summed E-state index contributed by atoms with van der Waals surface area (Å²) in [6.45, 7) is 2.74. The molecule has 21 heavy (non-hydrogen) atoms. The molecule has 108 valence electrons. The van der Waals surface area contributed by atoms with E-state index in [4.69, 9.17) is 4.42 Å². The van der Waals surface area contributed by atoms with E-state index in [0.29, 0.717) is 13.1 Å². The molecule has 3 aromatic rings. The van der Waals surface area contributed by atoms with Gasteiger partial charge in [0.15, 0.2) is 0 Å². The zero-order valence-corrected chi connectivity index (χ0v) is 11.6. The predicted molar refractivity (Wildman–Crippen MR) is 78.6 cm³/mol. The van der Waals surface area contributed by atoms with Crippen LogP contribution < -0.4 is 10.6 Å². The van der Waals surface area contributed by atoms with Gasteiger partial charge in [-0.05, 0) is 19.1 Å². The zero-order valence-electron chi connectivity index (χ0n) is 11.6. The van der Waals surface area contributed by atoms with Gasteiger partial charge in [0.2, 0.25) is 0 Å². The fourth-order valence-corrected chi connectivity index (χ4v) is 2.23. The molecule has 0 saturated heterocycles. The van der Waals surface area contributed by atoms with E-state index in [1.807, 2.05) is 37.3 Å². The molecule has 0 aliphatic carbocycles. The summed E-state index contributed by atoms with van der Waals surface area (Å²) in [6, 6.07) is 9.39. The van der Waals surface area contributed by atoms with Gasteiger partial charge in [-0.2, -0.15) is 5.10 Å². The number of carbonyl (C=O) groups is 1. The van der Waals surface area contributed by atoms with Crippen LogP contribution in [0.3, 0.4) is 0 Å². The molecule has 0 spiro atoms. The van der Waals surface area contributed by atoms with Crippen LogP contribution in [0.15, 0.2) is 40.9 Å². The molecular formula is C15H16N4O2. The number of furan rings is 1. The van der Waals surface area contributed by atoms with E-state index in [2.05, 4.69) is 20.8 Å². The molecular weight excluding hydrogens is 268 g/mol. The summed E-state index contributed by atoms with van der Waals surface area (Å²) in [7, 11) is 0. The molecule has 6 heteroatoms. The number of amides is 2. The number of aromatic amines is 1. The molecule has 3 N–H and O–H groups in total. The minimum Gasteiger partial charge on any atom is -0.461 e. The number of rotatable bonds is 4. The second-order valence-electron chi connectivity index (χ2n) is 4.75. The summed E-state index contributed by atoms with van der Waals surface area (Å²) in [4.78, 5) is 11.8. The number of hydrogen-bond donors (Lipinski definition) is 3. The summed E-state index contributed by atoms with van der Waals surface area (Å²) >= 11 is 0. The van der Waals surface area contributed by atoms with Crippen LogP contribution in [0.5, 0.6) is 0 Å². The van der Waals surface area contributed by atoms with Crippen LogP contribution in [0.1, 0.15) is 17.0 Å². The van der Waals surface area contributed by atoms with Gasteiger partial charge in [-0.1, -0.05) is 18.2 Å². The van der Waals surface area contributed by atoms with Gasteiger partial charge in [-0.25, -0.2) is 4.79 Å². The van der Waals surface area contributed by atoms with E-state index in [1.54, 1.807) is 6.20 Å². The van der Waals surface area contributed by atoms with E-state index < -0.39 is 0 Å². The van der Waals surface area contributed by atoms with Crippen molar-refractivity contribution in [2.75, 3.05) is 0 Å². The van der Waals surface area contributed by atoms with Crippen LogP contribution >= 0.6 is 0 Å². The van der Waals surface area contributed by atoms with Crippen LogP contribution in [0.4, 0.5) is 4.79 Å². The average molecular weight is 284 g/mol. The highest BCUT2D eigenvalue weighted by atomic mass is 16.3. The number of H-pyrrole nitrogens is 1. The van der Waals surface area contributed by atoms with Crippen molar-refractivity contribution >= 4 is 17.0 Å². The summed E-state index contributed by atoms with van der Waals surface area (Å²) in [5.74, 6) is 0.824. The van der Waals surface area contributed by atoms with Crippen molar-refractivity contribution in [1.29, 1.82) is 0 Å². The molecule has 0 aliphatic heterocycles. The quantitative estimate of drug-likeness (QED) is 0.688. The second kappa shape index (κ2) is 5.70. The van der Waals surface area contributed by atoms with Crippen molar-refractivity contribution in [3.63, 3.8) is 0 Å². The number of urea groups is 1. The Morgan fingerprint density at radius 2 is 2.05 bits per heavy atom. The third kappa shape index (κ3) is 2.89. The number of nitrogens with zero attached hydrogens (tertiary/aromatic N) is 1. The minimum atomic E-state index is -0.228. The van der Waals surface area contributed by atoms with E-state index in [0.717, 1.165) is 28.0 Å². The standard InChI is InChI=1S/C15H16N4O2/c1-10-13(12-4-2-3-5-14(12)21-10)9-17-15(20)16-8-11-6-7-18-19-11/h2-7H,8-9H2,1H3,(H,18,19)(H2,16,17,20). The Morgan fingerprint density at radius 3 is 2.86 bits per heavy atom. The van der Waals surface area contributed by atoms with Crippen LogP contribution in [0.25, 0.3) is 11.0 Å². The van der Waals surface area contributed by atoms with Crippen LogP contribution in [-0.2, 0) is 13.1 Å². The molecule has 2 heterocycles. The Kier molecular flexibility index (Phi) is 3.59. The predicted octanol–water partition coefficient (Wildman–Crippen LogP) is 2.46. The van der Waals surface area contributed by atoms with Gasteiger partial charge in [0.25, 0.3) is 0 Å². The highest BCUT2D eigenvalue weighted by Gasteiger charge is 2.11. The highest BCUT2D eigenvalue weighted by molar-refractivity contribution is 5.83. The first-order valence-electron chi connectivity index (χ1n) is 6.71.